The third kappa shape index (κ3) is 1.58. The van der Waals surface area contributed by atoms with Crippen molar-refractivity contribution in [2.75, 3.05) is 13.6 Å². The topological polar surface area (TPSA) is 32.3 Å². The number of nitrogens with zero attached hydrogens (tertiary/aromatic N) is 1. The van der Waals surface area contributed by atoms with Gasteiger partial charge in [-0.05, 0) is 12.5 Å². The molecule has 3 heteroatoms. The van der Waals surface area contributed by atoms with Gasteiger partial charge in [-0.15, -0.1) is 0 Å². The molecule has 14 heavy (non-hydrogen) atoms. The van der Waals surface area contributed by atoms with Crippen LogP contribution < -0.4 is 5.32 Å². The molecule has 1 aromatic rings. The van der Waals surface area contributed by atoms with Crippen LogP contribution in [-0.4, -0.2) is 24.5 Å². The maximum Gasteiger partial charge on any atom is 0.317 e. The molecule has 1 unspecified atom stereocenters. The van der Waals surface area contributed by atoms with Gasteiger partial charge in [-0.25, -0.2) is 4.79 Å². The highest BCUT2D eigenvalue weighted by Crippen LogP contribution is 2.19. The van der Waals surface area contributed by atoms with E-state index in [1.807, 2.05) is 7.05 Å². The summed E-state index contributed by atoms with van der Waals surface area (Å²) in [7, 11) is 1.81. The monoisotopic (exact) mass is 190 g/mol. The second kappa shape index (κ2) is 3.33. The molecule has 1 N–H and O–H groups in total. The van der Waals surface area contributed by atoms with E-state index in [1.54, 1.807) is 4.90 Å². The summed E-state index contributed by atoms with van der Waals surface area (Å²) in [5.41, 5.74) is 2.42. The number of urea groups is 1. The molecule has 1 heterocycles. The van der Waals surface area contributed by atoms with Crippen molar-refractivity contribution in [1.29, 1.82) is 0 Å². The summed E-state index contributed by atoms with van der Waals surface area (Å²) in [4.78, 5) is 12.9. The van der Waals surface area contributed by atoms with Gasteiger partial charge in [0.2, 0.25) is 0 Å². The fraction of sp³-hybridized carbons (Fsp3) is 0.364. The van der Waals surface area contributed by atoms with Crippen LogP contribution in [0.4, 0.5) is 4.79 Å². The highest BCUT2D eigenvalue weighted by molar-refractivity contribution is 5.76. The highest BCUT2D eigenvalue weighted by atomic mass is 16.2. The van der Waals surface area contributed by atoms with Gasteiger partial charge in [0.1, 0.15) is 0 Å². The van der Waals surface area contributed by atoms with Gasteiger partial charge in [-0.3, -0.25) is 0 Å². The third-order valence-electron chi connectivity index (χ3n) is 2.58. The number of rotatable bonds is 1. The van der Waals surface area contributed by atoms with Crippen LogP contribution in [0.1, 0.15) is 17.2 Å². The number of carbonyl (C=O) groups excluding carboxylic acids is 1. The zero-order chi connectivity index (χ0) is 10.1. The number of hydrogen-bond acceptors (Lipinski definition) is 1. The molecule has 0 bridgehead atoms. The Bertz CT molecular complexity index is 345. The van der Waals surface area contributed by atoms with E-state index in [0.717, 1.165) is 6.54 Å². The summed E-state index contributed by atoms with van der Waals surface area (Å²) in [5, 5.41) is 2.93. The maximum atomic E-state index is 11.2. The first-order valence-corrected chi connectivity index (χ1v) is 4.75. The number of aryl methyl sites for hydroxylation is 1. The van der Waals surface area contributed by atoms with Crippen LogP contribution >= 0.6 is 0 Å². The van der Waals surface area contributed by atoms with Crippen LogP contribution in [0.3, 0.4) is 0 Å². The van der Waals surface area contributed by atoms with Gasteiger partial charge in [-0.2, -0.15) is 0 Å². The van der Waals surface area contributed by atoms with Crippen molar-refractivity contribution >= 4 is 6.03 Å². The van der Waals surface area contributed by atoms with Gasteiger partial charge < -0.3 is 10.2 Å². The normalized spacial score (nSPS) is 21.1. The molecular weight excluding hydrogens is 176 g/mol. The van der Waals surface area contributed by atoms with Crippen LogP contribution in [0.5, 0.6) is 0 Å². The van der Waals surface area contributed by atoms with Gasteiger partial charge >= 0.3 is 6.03 Å². The molecule has 2 amide bonds. The molecule has 1 fully saturated rings. The molecule has 74 valence electrons. The predicted octanol–water partition coefficient (Wildman–Crippen LogP) is 1.69. The van der Waals surface area contributed by atoms with E-state index in [-0.39, 0.29) is 12.1 Å². The number of hydrogen-bond donors (Lipinski definition) is 1. The predicted molar refractivity (Wildman–Crippen MR) is 55.1 cm³/mol. The van der Waals surface area contributed by atoms with E-state index >= 15 is 0 Å². The summed E-state index contributed by atoms with van der Waals surface area (Å²) in [6.45, 7) is 2.81. The number of benzene rings is 1. The van der Waals surface area contributed by atoms with E-state index in [1.165, 1.54) is 11.1 Å². The average molecular weight is 190 g/mol. The minimum Gasteiger partial charge on any atom is -0.329 e. The SMILES string of the molecule is Cc1ccc(C2CN(C)C(=O)N2)cc1. The standard InChI is InChI=1S/C11H14N2O/c1-8-3-5-9(6-4-8)10-7-13(2)11(14)12-10/h3-6,10H,7H2,1-2H3,(H,12,14). The summed E-state index contributed by atoms with van der Waals surface area (Å²) in [5.74, 6) is 0. The second-order valence-corrected chi connectivity index (χ2v) is 3.79. The molecule has 1 saturated heterocycles. The molecule has 0 saturated carbocycles. The summed E-state index contributed by atoms with van der Waals surface area (Å²) in [6.07, 6.45) is 0. The molecule has 2 rings (SSSR count). The third-order valence-corrected chi connectivity index (χ3v) is 2.58. The summed E-state index contributed by atoms with van der Waals surface area (Å²) < 4.78 is 0. The molecule has 0 aliphatic carbocycles. The fourth-order valence-corrected chi connectivity index (χ4v) is 1.65. The lowest BCUT2D eigenvalue weighted by Gasteiger charge is -2.09. The first-order valence-electron chi connectivity index (χ1n) is 4.75. The number of amides is 2. The molecule has 1 aromatic carbocycles. The van der Waals surface area contributed by atoms with Crippen LogP contribution in [0.25, 0.3) is 0 Å². The van der Waals surface area contributed by atoms with Gasteiger partial charge in [0.05, 0.1) is 6.04 Å². The highest BCUT2D eigenvalue weighted by Gasteiger charge is 2.26. The van der Waals surface area contributed by atoms with Gasteiger partial charge in [0.15, 0.2) is 0 Å². The quantitative estimate of drug-likeness (QED) is 0.718. The van der Waals surface area contributed by atoms with E-state index in [2.05, 4.69) is 36.5 Å². The van der Waals surface area contributed by atoms with Crippen molar-refractivity contribution in [2.24, 2.45) is 0 Å². The van der Waals surface area contributed by atoms with E-state index in [9.17, 15) is 4.79 Å². The van der Waals surface area contributed by atoms with Crippen molar-refractivity contribution in [3.63, 3.8) is 0 Å². The lowest BCUT2D eigenvalue weighted by Crippen LogP contribution is -2.23. The molecule has 0 spiro atoms. The zero-order valence-corrected chi connectivity index (χ0v) is 8.45. The molecule has 1 aliphatic heterocycles. The number of nitrogens with one attached hydrogen (secondary N) is 1. The Labute approximate surface area is 83.7 Å². The second-order valence-electron chi connectivity index (χ2n) is 3.79. The molecule has 1 atom stereocenters. The van der Waals surface area contributed by atoms with Crippen molar-refractivity contribution < 1.29 is 4.79 Å². The van der Waals surface area contributed by atoms with Gasteiger partial charge in [0, 0.05) is 13.6 Å². The van der Waals surface area contributed by atoms with Crippen LogP contribution in [0, 0.1) is 6.92 Å². The van der Waals surface area contributed by atoms with Gasteiger partial charge in [-0.1, -0.05) is 29.8 Å². The Morgan fingerprint density at radius 1 is 1.36 bits per heavy atom. The Morgan fingerprint density at radius 3 is 2.50 bits per heavy atom. The first kappa shape index (κ1) is 9.06. The Kier molecular flexibility index (Phi) is 2.15. The average Bonchev–Trinajstić information content (AvgIpc) is 2.48. The zero-order valence-electron chi connectivity index (χ0n) is 8.45. The smallest absolute Gasteiger partial charge is 0.317 e. The Morgan fingerprint density at radius 2 is 2.00 bits per heavy atom. The number of likely N-dealkylation sites (N-methyl/N-ethyl adjacent to an activating group) is 1. The molecule has 0 aromatic heterocycles. The lowest BCUT2D eigenvalue weighted by molar-refractivity contribution is 0.226. The van der Waals surface area contributed by atoms with Crippen molar-refractivity contribution in [1.82, 2.24) is 10.2 Å². The van der Waals surface area contributed by atoms with Crippen LogP contribution in [0.2, 0.25) is 0 Å². The van der Waals surface area contributed by atoms with Crippen LogP contribution in [0.15, 0.2) is 24.3 Å². The van der Waals surface area contributed by atoms with E-state index in [0.29, 0.717) is 0 Å². The summed E-state index contributed by atoms with van der Waals surface area (Å²) in [6, 6.07) is 8.43. The lowest BCUT2D eigenvalue weighted by atomic mass is 10.1. The van der Waals surface area contributed by atoms with Gasteiger partial charge in [0.25, 0.3) is 0 Å². The minimum atomic E-state index is 0.00979. The molecule has 1 aliphatic rings. The Balaban J connectivity index is 2.17. The fourth-order valence-electron chi connectivity index (χ4n) is 1.65. The summed E-state index contributed by atoms with van der Waals surface area (Å²) >= 11 is 0. The van der Waals surface area contributed by atoms with Crippen molar-refractivity contribution in [2.45, 2.75) is 13.0 Å². The largest absolute Gasteiger partial charge is 0.329 e. The maximum absolute atomic E-state index is 11.2. The van der Waals surface area contributed by atoms with Crippen LogP contribution in [-0.2, 0) is 0 Å². The first-order chi connectivity index (χ1) is 6.66. The van der Waals surface area contributed by atoms with Crippen molar-refractivity contribution in [3.05, 3.63) is 35.4 Å². The molecule has 0 radical (unpaired) electrons. The van der Waals surface area contributed by atoms with E-state index in [4.69, 9.17) is 0 Å². The van der Waals surface area contributed by atoms with Crippen molar-refractivity contribution in [3.8, 4) is 0 Å². The number of carbonyl (C=O) groups is 1. The molecular formula is C11H14N2O. The Hall–Kier alpha value is -1.51. The van der Waals surface area contributed by atoms with E-state index < -0.39 is 0 Å². The molecule has 3 nitrogen and oxygen atoms in total. The minimum absolute atomic E-state index is 0.00979.